The summed E-state index contributed by atoms with van der Waals surface area (Å²) in [6, 6.07) is 12.7. The third-order valence-corrected chi connectivity index (χ3v) is 8.01. The summed E-state index contributed by atoms with van der Waals surface area (Å²) in [7, 11) is 6.10. The minimum Gasteiger partial charge on any atom is -0.373 e. The van der Waals surface area contributed by atoms with Crippen molar-refractivity contribution in [2.24, 2.45) is 7.05 Å². The molecule has 8 nitrogen and oxygen atoms in total. The quantitative estimate of drug-likeness (QED) is 0.365. The number of aryl methyl sites for hydroxylation is 1. The highest BCUT2D eigenvalue weighted by atomic mass is 15.3. The number of likely N-dealkylation sites (N-methyl/N-ethyl adjacent to an activating group) is 1. The fraction of sp³-hybridized carbons (Fsp3) is 0.406. The van der Waals surface area contributed by atoms with Crippen molar-refractivity contribution in [3.05, 3.63) is 72.8 Å². The summed E-state index contributed by atoms with van der Waals surface area (Å²) in [5.41, 5.74) is 4.89. The summed E-state index contributed by atoms with van der Waals surface area (Å²) in [5.74, 6) is 1.96. The van der Waals surface area contributed by atoms with E-state index in [1.165, 1.54) is 54.6 Å². The lowest BCUT2D eigenvalue weighted by molar-refractivity contribution is 0.216. The van der Waals surface area contributed by atoms with E-state index in [-0.39, 0.29) is 0 Å². The highest BCUT2D eigenvalue weighted by Gasteiger charge is 2.17. The molecule has 1 N–H and O–H groups in total. The fourth-order valence-corrected chi connectivity index (χ4v) is 5.44. The maximum absolute atomic E-state index is 4.54. The number of anilines is 2. The Morgan fingerprint density at radius 2 is 1.68 bits per heavy atom. The molecule has 0 bridgehead atoms. The summed E-state index contributed by atoms with van der Waals surface area (Å²) < 4.78 is 2.03. The molecule has 3 aromatic heterocycles. The van der Waals surface area contributed by atoms with Crippen molar-refractivity contribution in [1.29, 1.82) is 0 Å². The van der Waals surface area contributed by atoms with Crippen molar-refractivity contribution in [2.45, 2.75) is 25.8 Å². The van der Waals surface area contributed by atoms with Gasteiger partial charge in [0.15, 0.2) is 0 Å². The minimum atomic E-state index is 0.893. The second-order valence-electron chi connectivity index (χ2n) is 10.8. The van der Waals surface area contributed by atoms with E-state index in [1.54, 1.807) is 0 Å². The Hall–Kier alpha value is -3.75. The molecule has 0 spiro atoms. The number of likely N-dealkylation sites (tertiary alicyclic amines) is 1. The van der Waals surface area contributed by atoms with Gasteiger partial charge in [-0.05, 0) is 73.8 Å². The van der Waals surface area contributed by atoms with Crippen LogP contribution in [0.4, 0.5) is 11.6 Å². The predicted molar refractivity (Wildman–Crippen MR) is 167 cm³/mol. The van der Waals surface area contributed by atoms with Crippen LogP contribution < -0.4 is 10.2 Å². The van der Waals surface area contributed by atoms with Crippen LogP contribution in [0.5, 0.6) is 0 Å². The normalized spacial score (nSPS) is 16.4. The van der Waals surface area contributed by atoms with Crippen LogP contribution in [0.15, 0.2) is 61.6 Å². The standard InChI is InChI=1S/C20H25N5.C12H17N3/c1-21-20-11-17-10-15(6-7-16(17)12-22-20)18-13-23-24(2)19(18)14-25-8-4-3-5-9-25;1-3-11-4-5-13-12(10-11)15-8-6-14(2)7-9-15/h6-7,10-13H,3-5,8-9,14H2,1-2H3,(H,21,22);3-5,10H,1,6-9H2,2H3. The Morgan fingerprint density at radius 3 is 2.42 bits per heavy atom. The zero-order valence-corrected chi connectivity index (χ0v) is 24.2. The van der Waals surface area contributed by atoms with Crippen molar-refractivity contribution < 1.29 is 0 Å². The van der Waals surface area contributed by atoms with Gasteiger partial charge in [-0.25, -0.2) is 9.97 Å². The van der Waals surface area contributed by atoms with Gasteiger partial charge in [-0.1, -0.05) is 31.2 Å². The molecule has 0 unspecified atom stereocenters. The number of benzene rings is 1. The number of fused-ring (bicyclic) bond motifs is 1. The van der Waals surface area contributed by atoms with Gasteiger partial charge in [0.2, 0.25) is 0 Å². The van der Waals surface area contributed by atoms with Gasteiger partial charge in [0.25, 0.3) is 0 Å². The summed E-state index contributed by atoms with van der Waals surface area (Å²) in [6.07, 6.45) is 11.6. The lowest BCUT2D eigenvalue weighted by Gasteiger charge is -2.33. The summed E-state index contributed by atoms with van der Waals surface area (Å²) >= 11 is 0. The monoisotopic (exact) mass is 538 g/mol. The molecular weight excluding hydrogens is 496 g/mol. The SMILES string of the molecule is C=Cc1ccnc(N2CCN(C)CC2)c1.CNc1cc2cc(-c3cnn(C)c3CN3CCCCC3)ccc2cn1. The van der Waals surface area contributed by atoms with Gasteiger partial charge in [-0.3, -0.25) is 9.58 Å². The van der Waals surface area contributed by atoms with E-state index < -0.39 is 0 Å². The molecule has 8 heteroatoms. The molecule has 2 aliphatic heterocycles. The minimum absolute atomic E-state index is 0.893. The van der Waals surface area contributed by atoms with Gasteiger partial charge < -0.3 is 15.1 Å². The topological polar surface area (TPSA) is 65.4 Å². The third-order valence-electron chi connectivity index (χ3n) is 8.01. The van der Waals surface area contributed by atoms with E-state index in [4.69, 9.17) is 0 Å². The molecule has 0 amide bonds. The molecule has 4 aromatic rings. The Morgan fingerprint density at radius 1 is 0.875 bits per heavy atom. The molecule has 2 fully saturated rings. The number of nitrogens with one attached hydrogen (secondary N) is 1. The molecule has 1 aromatic carbocycles. The van der Waals surface area contributed by atoms with Crippen LogP contribution >= 0.6 is 0 Å². The predicted octanol–water partition coefficient (Wildman–Crippen LogP) is 5.14. The van der Waals surface area contributed by atoms with Crippen molar-refractivity contribution in [3.8, 4) is 11.1 Å². The first-order chi connectivity index (χ1) is 19.5. The van der Waals surface area contributed by atoms with E-state index in [1.807, 2.05) is 49.5 Å². The van der Waals surface area contributed by atoms with E-state index >= 15 is 0 Å². The Labute approximate surface area is 238 Å². The molecule has 2 saturated heterocycles. The maximum atomic E-state index is 4.54. The van der Waals surface area contributed by atoms with Crippen molar-refractivity contribution in [2.75, 3.05) is 63.6 Å². The molecule has 40 heavy (non-hydrogen) atoms. The summed E-state index contributed by atoms with van der Waals surface area (Å²) in [6.45, 7) is 11.5. The first-order valence-electron chi connectivity index (χ1n) is 14.4. The average molecular weight is 539 g/mol. The number of pyridine rings is 2. The molecule has 0 saturated carbocycles. The van der Waals surface area contributed by atoms with Gasteiger partial charge >= 0.3 is 0 Å². The lowest BCUT2D eigenvalue weighted by atomic mass is 10.0. The fourth-order valence-electron chi connectivity index (χ4n) is 5.44. The number of piperazine rings is 1. The molecule has 6 rings (SSSR count). The van der Waals surface area contributed by atoms with Crippen LogP contribution in [-0.2, 0) is 13.6 Å². The number of nitrogens with zero attached hydrogens (tertiary/aromatic N) is 7. The van der Waals surface area contributed by atoms with E-state index in [0.29, 0.717) is 0 Å². The lowest BCUT2D eigenvalue weighted by Crippen LogP contribution is -2.44. The first kappa shape index (κ1) is 27.8. The highest BCUT2D eigenvalue weighted by Crippen LogP contribution is 2.29. The maximum Gasteiger partial charge on any atom is 0.129 e. The molecular formula is C32H42N8. The number of hydrogen-bond acceptors (Lipinski definition) is 7. The Balaban J connectivity index is 0.000000184. The van der Waals surface area contributed by atoms with Crippen LogP contribution in [0.2, 0.25) is 0 Å². The van der Waals surface area contributed by atoms with Crippen LogP contribution in [-0.4, -0.2) is 82.9 Å². The van der Waals surface area contributed by atoms with Gasteiger partial charge in [-0.15, -0.1) is 0 Å². The van der Waals surface area contributed by atoms with Crippen LogP contribution in [0, 0.1) is 0 Å². The number of hydrogen-bond donors (Lipinski definition) is 1. The van der Waals surface area contributed by atoms with Crippen LogP contribution in [0.25, 0.3) is 28.0 Å². The zero-order valence-electron chi connectivity index (χ0n) is 24.2. The summed E-state index contributed by atoms with van der Waals surface area (Å²) in [4.78, 5) is 16.0. The van der Waals surface area contributed by atoms with E-state index in [0.717, 1.165) is 55.3 Å². The zero-order chi connectivity index (χ0) is 27.9. The second kappa shape index (κ2) is 13.1. The highest BCUT2D eigenvalue weighted by molar-refractivity contribution is 5.88. The summed E-state index contributed by atoms with van der Waals surface area (Å²) in [5, 5.41) is 10.0. The molecule has 5 heterocycles. The molecule has 0 aliphatic carbocycles. The van der Waals surface area contributed by atoms with Crippen molar-refractivity contribution in [3.63, 3.8) is 0 Å². The van der Waals surface area contributed by atoms with E-state index in [2.05, 4.69) is 79.0 Å². The number of aromatic nitrogens is 4. The van der Waals surface area contributed by atoms with Gasteiger partial charge in [0.05, 0.1) is 11.9 Å². The molecule has 0 atom stereocenters. The number of piperidine rings is 1. The van der Waals surface area contributed by atoms with E-state index in [9.17, 15) is 0 Å². The largest absolute Gasteiger partial charge is 0.373 e. The van der Waals surface area contributed by atoms with Gasteiger partial charge in [0, 0.05) is 70.2 Å². The van der Waals surface area contributed by atoms with Crippen LogP contribution in [0.1, 0.15) is 30.5 Å². The average Bonchev–Trinajstić information content (AvgIpc) is 3.37. The molecule has 0 radical (unpaired) electrons. The van der Waals surface area contributed by atoms with Crippen LogP contribution in [0.3, 0.4) is 0 Å². The van der Waals surface area contributed by atoms with Gasteiger partial charge in [-0.2, -0.15) is 5.10 Å². The van der Waals surface area contributed by atoms with Crippen molar-refractivity contribution >= 4 is 28.5 Å². The van der Waals surface area contributed by atoms with Crippen molar-refractivity contribution in [1.82, 2.24) is 29.5 Å². The molecule has 2 aliphatic rings. The first-order valence-corrected chi connectivity index (χ1v) is 14.4. The molecule has 210 valence electrons. The second-order valence-corrected chi connectivity index (χ2v) is 10.8. The Bertz CT molecular complexity index is 1410. The van der Waals surface area contributed by atoms with Gasteiger partial charge in [0.1, 0.15) is 11.6 Å². The number of rotatable bonds is 6. The smallest absolute Gasteiger partial charge is 0.129 e. The third kappa shape index (κ3) is 6.69. The Kier molecular flexibility index (Phi) is 9.08.